The minimum absolute atomic E-state index is 0.225. The molecule has 0 heterocycles. The van der Waals surface area contributed by atoms with Gasteiger partial charge < -0.3 is 10.6 Å². The van der Waals surface area contributed by atoms with E-state index in [1.165, 1.54) is 18.6 Å². The first-order valence-electron chi connectivity index (χ1n) is 6.90. The minimum atomic E-state index is -0.341. The Balaban J connectivity index is 1.95. The zero-order valence-electron chi connectivity index (χ0n) is 11.5. The fourth-order valence-corrected chi connectivity index (χ4v) is 2.59. The Kier molecular flexibility index (Phi) is 4.40. The summed E-state index contributed by atoms with van der Waals surface area (Å²) in [6.07, 6.45) is 4.58. The van der Waals surface area contributed by atoms with Gasteiger partial charge in [-0.2, -0.15) is 0 Å². The lowest BCUT2D eigenvalue weighted by Gasteiger charge is -2.29. The molecule has 19 heavy (non-hydrogen) atoms. The number of rotatable bonds is 2. The number of urea groups is 1. The lowest BCUT2D eigenvalue weighted by molar-refractivity contribution is 0.232. The van der Waals surface area contributed by atoms with Crippen LogP contribution in [0.3, 0.4) is 0 Å². The Bertz CT molecular complexity index is 461. The van der Waals surface area contributed by atoms with Crippen molar-refractivity contribution in [2.75, 3.05) is 5.32 Å². The smallest absolute Gasteiger partial charge is 0.319 e. The molecular formula is C15H21FN2O. The molecule has 2 atom stereocenters. The van der Waals surface area contributed by atoms with Gasteiger partial charge in [-0.05, 0) is 43.4 Å². The van der Waals surface area contributed by atoms with Gasteiger partial charge in [0.2, 0.25) is 0 Å². The third-order valence-corrected chi connectivity index (χ3v) is 3.88. The molecule has 1 aliphatic carbocycles. The first-order valence-corrected chi connectivity index (χ1v) is 6.90. The summed E-state index contributed by atoms with van der Waals surface area (Å²) in [6.45, 7) is 4.01. The molecule has 4 heteroatoms. The van der Waals surface area contributed by atoms with Crippen molar-refractivity contribution in [3.63, 3.8) is 0 Å². The fraction of sp³-hybridized carbons (Fsp3) is 0.533. The first kappa shape index (κ1) is 13.8. The zero-order chi connectivity index (χ0) is 13.8. The predicted molar refractivity (Wildman–Crippen MR) is 74.7 cm³/mol. The molecule has 2 rings (SSSR count). The third kappa shape index (κ3) is 3.69. The van der Waals surface area contributed by atoms with Crippen molar-refractivity contribution in [1.29, 1.82) is 0 Å². The standard InChI is InChI=1S/C15H21FN2O/c1-10-5-3-4-6-13(10)17-15(19)18-14-9-12(16)8-7-11(14)2/h7-10,13H,3-6H2,1-2H3,(H2,17,18,19)/t10-,13-/m0/s1. The van der Waals surface area contributed by atoms with E-state index in [-0.39, 0.29) is 17.9 Å². The summed E-state index contributed by atoms with van der Waals surface area (Å²) in [5, 5.41) is 5.72. The van der Waals surface area contributed by atoms with E-state index in [9.17, 15) is 9.18 Å². The molecule has 1 fully saturated rings. The molecule has 1 saturated carbocycles. The van der Waals surface area contributed by atoms with Crippen molar-refractivity contribution >= 4 is 11.7 Å². The number of carbonyl (C=O) groups excluding carboxylic acids is 1. The van der Waals surface area contributed by atoms with Crippen LogP contribution < -0.4 is 10.6 Å². The van der Waals surface area contributed by atoms with E-state index in [0.717, 1.165) is 24.8 Å². The number of nitrogens with one attached hydrogen (secondary N) is 2. The van der Waals surface area contributed by atoms with Crippen molar-refractivity contribution < 1.29 is 9.18 Å². The summed E-state index contributed by atoms with van der Waals surface area (Å²) in [5.74, 6) is 0.167. The van der Waals surface area contributed by atoms with Crippen molar-refractivity contribution in [2.24, 2.45) is 5.92 Å². The number of carbonyl (C=O) groups is 1. The molecule has 0 radical (unpaired) electrons. The topological polar surface area (TPSA) is 41.1 Å². The molecule has 1 aromatic carbocycles. The van der Waals surface area contributed by atoms with Crippen molar-refractivity contribution in [2.45, 2.75) is 45.6 Å². The van der Waals surface area contributed by atoms with Crippen LogP contribution in [-0.4, -0.2) is 12.1 Å². The highest BCUT2D eigenvalue weighted by Gasteiger charge is 2.22. The molecular weight excluding hydrogens is 243 g/mol. The monoisotopic (exact) mass is 264 g/mol. The van der Waals surface area contributed by atoms with Gasteiger partial charge in [-0.15, -0.1) is 0 Å². The lowest BCUT2D eigenvalue weighted by atomic mass is 9.86. The Morgan fingerprint density at radius 1 is 1.32 bits per heavy atom. The molecule has 0 aromatic heterocycles. The maximum Gasteiger partial charge on any atom is 0.319 e. The Labute approximate surface area is 113 Å². The van der Waals surface area contributed by atoms with Crippen LogP contribution in [0, 0.1) is 18.7 Å². The van der Waals surface area contributed by atoms with E-state index in [2.05, 4.69) is 17.6 Å². The second-order valence-electron chi connectivity index (χ2n) is 5.43. The summed E-state index contributed by atoms with van der Waals surface area (Å²) in [7, 11) is 0. The van der Waals surface area contributed by atoms with E-state index < -0.39 is 0 Å². The van der Waals surface area contributed by atoms with Crippen LogP contribution in [0.25, 0.3) is 0 Å². The summed E-state index contributed by atoms with van der Waals surface area (Å²) in [5.41, 5.74) is 1.38. The lowest BCUT2D eigenvalue weighted by Crippen LogP contribution is -2.43. The highest BCUT2D eigenvalue weighted by Crippen LogP contribution is 2.24. The maximum atomic E-state index is 13.1. The van der Waals surface area contributed by atoms with E-state index in [1.54, 1.807) is 6.07 Å². The van der Waals surface area contributed by atoms with E-state index in [1.807, 2.05) is 6.92 Å². The second-order valence-corrected chi connectivity index (χ2v) is 5.43. The van der Waals surface area contributed by atoms with Crippen molar-refractivity contribution in [3.05, 3.63) is 29.6 Å². The van der Waals surface area contributed by atoms with Gasteiger partial charge in [0.1, 0.15) is 5.82 Å². The van der Waals surface area contributed by atoms with Crippen molar-refractivity contribution in [1.82, 2.24) is 5.32 Å². The zero-order valence-corrected chi connectivity index (χ0v) is 11.5. The van der Waals surface area contributed by atoms with Gasteiger partial charge in [-0.25, -0.2) is 9.18 Å². The highest BCUT2D eigenvalue weighted by molar-refractivity contribution is 5.90. The largest absolute Gasteiger partial charge is 0.335 e. The molecule has 1 aliphatic rings. The number of aryl methyl sites for hydroxylation is 1. The number of hydrogen-bond donors (Lipinski definition) is 2. The Hall–Kier alpha value is -1.58. The number of hydrogen-bond acceptors (Lipinski definition) is 1. The van der Waals surface area contributed by atoms with Gasteiger partial charge in [-0.1, -0.05) is 25.8 Å². The van der Waals surface area contributed by atoms with E-state index in [4.69, 9.17) is 0 Å². The summed E-state index contributed by atoms with van der Waals surface area (Å²) in [6, 6.07) is 4.38. The predicted octanol–water partition coefficient (Wildman–Crippen LogP) is 3.83. The molecule has 0 spiro atoms. The van der Waals surface area contributed by atoms with Crippen molar-refractivity contribution in [3.8, 4) is 0 Å². The van der Waals surface area contributed by atoms with Gasteiger partial charge >= 0.3 is 6.03 Å². The highest BCUT2D eigenvalue weighted by atomic mass is 19.1. The summed E-state index contributed by atoms with van der Waals surface area (Å²) >= 11 is 0. The van der Waals surface area contributed by atoms with E-state index in [0.29, 0.717) is 11.6 Å². The number of halogens is 1. The molecule has 1 aromatic rings. The van der Waals surface area contributed by atoms with Crippen LogP contribution in [0.15, 0.2) is 18.2 Å². The fourth-order valence-electron chi connectivity index (χ4n) is 2.59. The molecule has 104 valence electrons. The molecule has 0 saturated heterocycles. The average molecular weight is 264 g/mol. The van der Waals surface area contributed by atoms with Crippen LogP contribution in [-0.2, 0) is 0 Å². The third-order valence-electron chi connectivity index (χ3n) is 3.88. The molecule has 2 N–H and O–H groups in total. The van der Waals surface area contributed by atoms with Crippen LogP contribution in [0.2, 0.25) is 0 Å². The maximum absolute atomic E-state index is 13.1. The molecule has 0 bridgehead atoms. The van der Waals surface area contributed by atoms with Gasteiger partial charge in [-0.3, -0.25) is 0 Å². The average Bonchev–Trinajstić information content (AvgIpc) is 2.37. The molecule has 0 unspecified atom stereocenters. The van der Waals surface area contributed by atoms with Crippen LogP contribution in [0.5, 0.6) is 0 Å². The second kappa shape index (κ2) is 6.04. The van der Waals surface area contributed by atoms with Crippen LogP contribution >= 0.6 is 0 Å². The Morgan fingerprint density at radius 3 is 2.79 bits per heavy atom. The molecule has 2 amide bonds. The van der Waals surface area contributed by atoms with Gasteiger partial charge in [0.25, 0.3) is 0 Å². The minimum Gasteiger partial charge on any atom is -0.335 e. The molecule has 0 aliphatic heterocycles. The Morgan fingerprint density at radius 2 is 2.05 bits per heavy atom. The van der Waals surface area contributed by atoms with E-state index >= 15 is 0 Å². The quantitative estimate of drug-likeness (QED) is 0.837. The van der Waals surface area contributed by atoms with Crippen LogP contribution in [0.4, 0.5) is 14.9 Å². The number of benzene rings is 1. The summed E-state index contributed by atoms with van der Waals surface area (Å²) < 4.78 is 13.1. The molecule has 3 nitrogen and oxygen atoms in total. The van der Waals surface area contributed by atoms with Gasteiger partial charge in [0.05, 0.1) is 0 Å². The van der Waals surface area contributed by atoms with Gasteiger partial charge in [0.15, 0.2) is 0 Å². The number of amides is 2. The van der Waals surface area contributed by atoms with Crippen LogP contribution in [0.1, 0.15) is 38.2 Å². The summed E-state index contributed by atoms with van der Waals surface area (Å²) in [4.78, 5) is 11.9. The number of anilines is 1. The SMILES string of the molecule is Cc1ccc(F)cc1NC(=O)N[C@H]1CCCC[C@@H]1C. The first-order chi connectivity index (χ1) is 9.06. The van der Waals surface area contributed by atoms with Gasteiger partial charge in [0, 0.05) is 11.7 Å². The normalized spacial score (nSPS) is 22.9.